The van der Waals surface area contributed by atoms with Gasteiger partial charge >= 0.3 is 18.2 Å². The summed E-state index contributed by atoms with van der Waals surface area (Å²) in [6.45, 7) is 2.24. The number of halogens is 1. The number of nitrogens with one attached hydrogen (secondary N) is 1. The highest BCUT2D eigenvalue weighted by Crippen LogP contribution is 2.12. The van der Waals surface area contributed by atoms with Crippen LogP contribution in [0.4, 0.5) is 5.69 Å². The van der Waals surface area contributed by atoms with Crippen molar-refractivity contribution in [3.63, 3.8) is 0 Å². The van der Waals surface area contributed by atoms with Gasteiger partial charge in [-0.05, 0) is 18.6 Å². The molecule has 4 heteroatoms. The second-order valence-electron chi connectivity index (χ2n) is 3.21. The summed E-state index contributed by atoms with van der Waals surface area (Å²) >= 11 is 3.40. The van der Waals surface area contributed by atoms with Crippen LogP contribution in [0.3, 0.4) is 0 Å². The minimum atomic E-state index is -0.173. The molecular weight excluding hydrogens is 240 g/mol. The number of hydrogen-bond acceptors (Lipinski definition) is 2. The smallest absolute Gasteiger partial charge is 0.308 e. The van der Waals surface area contributed by atoms with Gasteiger partial charge < -0.3 is 5.01 Å². The molecule has 1 aliphatic heterocycles. The minimum absolute atomic E-state index is 0.173. The van der Waals surface area contributed by atoms with E-state index in [9.17, 15) is 0 Å². The molecule has 1 fully saturated rings. The molecule has 1 aromatic rings. The van der Waals surface area contributed by atoms with E-state index in [2.05, 4.69) is 47.6 Å². The fourth-order valence-corrected chi connectivity index (χ4v) is 3.05. The van der Waals surface area contributed by atoms with Crippen LogP contribution in [0.15, 0.2) is 24.3 Å². The maximum Gasteiger partial charge on any atom is 0.506 e. The van der Waals surface area contributed by atoms with Crippen LogP contribution in [0.1, 0.15) is 6.42 Å². The molecule has 0 bridgehead atoms. The van der Waals surface area contributed by atoms with Gasteiger partial charge in [0, 0.05) is 13.1 Å². The summed E-state index contributed by atoms with van der Waals surface area (Å²) in [7, 11) is 0. The fourth-order valence-electron chi connectivity index (χ4n) is 1.52. The van der Waals surface area contributed by atoms with Gasteiger partial charge in [-0.25, -0.2) is 5.43 Å². The van der Waals surface area contributed by atoms with Crippen molar-refractivity contribution in [1.29, 1.82) is 0 Å². The molecule has 0 unspecified atom stereocenters. The molecule has 0 spiro atoms. The Morgan fingerprint density at radius 1 is 1.31 bits per heavy atom. The second kappa shape index (κ2) is 4.64. The van der Waals surface area contributed by atoms with E-state index in [0.717, 1.165) is 13.1 Å². The van der Waals surface area contributed by atoms with E-state index >= 15 is 0 Å². The lowest BCUT2D eigenvalue weighted by atomic mass is 10.3. The predicted octanol–water partition coefficient (Wildman–Crippen LogP) is 1.04. The SMILES string of the molecule is [Br][Mg][c]1ccc(N2CCCN2)cc1. The molecule has 0 radical (unpaired) electrons. The number of rotatable bonds is 2. The molecule has 1 heterocycles. The van der Waals surface area contributed by atoms with Crippen molar-refractivity contribution in [1.82, 2.24) is 5.43 Å². The molecule has 2 rings (SSSR count). The van der Waals surface area contributed by atoms with Gasteiger partial charge in [-0.2, -0.15) is 3.69 Å². The average Bonchev–Trinajstić information content (AvgIpc) is 2.71. The molecule has 0 aromatic heterocycles. The first kappa shape index (κ1) is 9.77. The first-order valence-corrected chi connectivity index (χ1v) is 9.17. The largest absolute Gasteiger partial charge is 0.506 e. The van der Waals surface area contributed by atoms with Crippen LogP contribution in [0.25, 0.3) is 0 Å². The highest BCUT2D eigenvalue weighted by Gasteiger charge is 2.10. The van der Waals surface area contributed by atoms with Gasteiger partial charge in [0.2, 0.25) is 0 Å². The Hall–Kier alpha value is 0.226. The van der Waals surface area contributed by atoms with Crippen LogP contribution in [0.2, 0.25) is 0 Å². The van der Waals surface area contributed by atoms with Crippen LogP contribution in [0.5, 0.6) is 0 Å². The first-order valence-electron chi connectivity index (χ1n) is 4.56. The van der Waals surface area contributed by atoms with E-state index in [-0.39, 0.29) is 18.2 Å². The number of hydrogen-bond donors (Lipinski definition) is 1. The van der Waals surface area contributed by atoms with Gasteiger partial charge in [-0.1, -0.05) is 12.1 Å². The van der Waals surface area contributed by atoms with E-state index < -0.39 is 0 Å². The Labute approximate surface area is 94.3 Å². The Kier molecular flexibility index (Phi) is 3.49. The third kappa shape index (κ3) is 2.37. The molecule has 1 saturated heterocycles. The average molecular weight is 251 g/mol. The number of hydrazine groups is 1. The molecule has 0 atom stereocenters. The molecule has 0 amide bonds. The van der Waals surface area contributed by atoms with Crippen molar-refractivity contribution in [3.8, 4) is 0 Å². The van der Waals surface area contributed by atoms with Crippen molar-refractivity contribution in [3.05, 3.63) is 24.3 Å². The lowest BCUT2D eigenvalue weighted by Gasteiger charge is -2.17. The lowest BCUT2D eigenvalue weighted by molar-refractivity contribution is 0.788. The van der Waals surface area contributed by atoms with Gasteiger partial charge in [0.1, 0.15) is 0 Å². The number of nitrogens with zero attached hydrogens (tertiary/aromatic N) is 1. The summed E-state index contributed by atoms with van der Waals surface area (Å²) in [6, 6.07) is 8.83. The molecule has 1 aromatic carbocycles. The van der Waals surface area contributed by atoms with Crippen LogP contribution >= 0.6 is 12.9 Å². The highest BCUT2D eigenvalue weighted by molar-refractivity contribution is 9.23. The Morgan fingerprint density at radius 2 is 2.08 bits per heavy atom. The monoisotopic (exact) mass is 250 g/mol. The summed E-state index contributed by atoms with van der Waals surface area (Å²) in [5.74, 6) is 0. The lowest BCUT2D eigenvalue weighted by Crippen LogP contribution is -2.30. The quantitative estimate of drug-likeness (QED) is 0.790. The van der Waals surface area contributed by atoms with Crippen molar-refractivity contribution in [2.45, 2.75) is 6.42 Å². The zero-order valence-corrected chi connectivity index (χ0v) is 10.5. The van der Waals surface area contributed by atoms with E-state index in [4.69, 9.17) is 0 Å². The fraction of sp³-hybridized carbons (Fsp3) is 0.333. The summed E-state index contributed by atoms with van der Waals surface area (Å²) in [6.07, 6.45) is 1.24. The van der Waals surface area contributed by atoms with E-state index in [1.165, 1.54) is 15.8 Å². The second-order valence-corrected chi connectivity index (χ2v) is 5.98. The van der Waals surface area contributed by atoms with Crippen molar-refractivity contribution in [2.75, 3.05) is 18.1 Å². The highest BCUT2D eigenvalue weighted by atomic mass is 79.9. The zero-order chi connectivity index (χ0) is 9.10. The van der Waals surface area contributed by atoms with Crippen molar-refractivity contribution in [2.24, 2.45) is 0 Å². The first-order chi connectivity index (χ1) is 6.40. The topological polar surface area (TPSA) is 15.3 Å². The molecule has 1 N–H and O–H groups in total. The normalized spacial score (nSPS) is 15.9. The molecule has 0 saturated carbocycles. The van der Waals surface area contributed by atoms with E-state index in [0.29, 0.717) is 0 Å². The molecule has 13 heavy (non-hydrogen) atoms. The van der Waals surface area contributed by atoms with Crippen molar-refractivity contribution < 1.29 is 0 Å². The predicted molar refractivity (Wildman–Crippen MR) is 60.7 cm³/mol. The maximum atomic E-state index is 3.58. The molecule has 66 valence electrons. The standard InChI is InChI=1S/C9H11N2.BrH.Mg/c1-2-5-9(6-3-1)11-8-4-7-10-11;;/h2-3,5-6,10H,4,7-8H2;1H;/q;;+1/p-1. The molecular formula is C9H11BrMgN2. The summed E-state index contributed by atoms with van der Waals surface area (Å²) < 4.78 is 1.46. The van der Waals surface area contributed by atoms with Gasteiger partial charge in [0.05, 0.1) is 5.69 Å². The van der Waals surface area contributed by atoms with E-state index in [1.54, 1.807) is 0 Å². The third-order valence-electron chi connectivity index (χ3n) is 2.26. The minimum Gasteiger partial charge on any atom is -0.308 e. The Balaban J connectivity index is 2.12. The molecule has 2 nitrogen and oxygen atoms in total. The maximum absolute atomic E-state index is 3.58. The Morgan fingerprint density at radius 3 is 2.62 bits per heavy atom. The van der Waals surface area contributed by atoms with Crippen LogP contribution < -0.4 is 14.1 Å². The summed E-state index contributed by atoms with van der Waals surface area (Å²) in [4.78, 5) is 0. The molecule has 0 aliphatic carbocycles. The van der Waals surface area contributed by atoms with Gasteiger partial charge in [-0.15, -0.1) is 0 Å². The van der Waals surface area contributed by atoms with Crippen LogP contribution in [-0.4, -0.2) is 31.3 Å². The third-order valence-corrected chi connectivity index (χ3v) is 4.99. The zero-order valence-electron chi connectivity index (χ0n) is 7.46. The van der Waals surface area contributed by atoms with Crippen molar-refractivity contribution >= 4 is 40.5 Å². The summed E-state index contributed by atoms with van der Waals surface area (Å²) in [5.41, 5.74) is 4.63. The molecule has 1 aliphatic rings. The van der Waals surface area contributed by atoms with Crippen LogP contribution in [0, 0.1) is 0 Å². The number of benzene rings is 1. The van der Waals surface area contributed by atoms with Gasteiger partial charge in [0.15, 0.2) is 0 Å². The number of anilines is 1. The Bertz CT molecular complexity index is 269. The summed E-state index contributed by atoms with van der Waals surface area (Å²) in [5, 5.41) is 2.22. The van der Waals surface area contributed by atoms with Crippen LogP contribution in [-0.2, 0) is 0 Å². The van der Waals surface area contributed by atoms with Gasteiger partial charge in [-0.3, -0.25) is 12.9 Å². The van der Waals surface area contributed by atoms with E-state index in [1.807, 2.05) is 0 Å². The van der Waals surface area contributed by atoms with Gasteiger partial charge in [0.25, 0.3) is 0 Å².